The highest BCUT2D eigenvalue weighted by Gasteiger charge is 2.47. The van der Waals surface area contributed by atoms with E-state index in [-0.39, 0.29) is 5.91 Å². The zero-order chi connectivity index (χ0) is 22.8. The molecular formula is C24H28N4O4. The molecule has 4 rings (SSSR count). The first kappa shape index (κ1) is 21.8. The van der Waals surface area contributed by atoms with Gasteiger partial charge in [-0.1, -0.05) is 17.7 Å². The fourth-order valence-corrected chi connectivity index (χ4v) is 4.02. The van der Waals surface area contributed by atoms with Crippen LogP contribution in [0.4, 0.5) is 21.9 Å². The molecule has 32 heavy (non-hydrogen) atoms. The number of benzene rings is 2. The van der Waals surface area contributed by atoms with E-state index in [1.165, 1.54) is 4.90 Å². The largest absolute Gasteiger partial charge is 0.378 e. The van der Waals surface area contributed by atoms with Gasteiger partial charge >= 0.3 is 6.03 Å². The molecule has 0 saturated carbocycles. The van der Waals surface area contributed by atoms with Crippen LogP contribution in [-0.2, 0) is 14.3 Å². The Balaban J connectivity index is 1.44. The lowest BCUT2D eigenvalue weighted by Gasteiger charge is -2.29. The second-order valence-corrected chi connectivity index (χ2v) is 8.18. The van der Waals surface area contributed by atoms with Crippen LogP contribution in [0.1, 0.15) is 19.4 Å². The third-order valence-corrected chi connectivity index (χ3v) is 5.98. The number of nitrogens with one attached hydrogen (secondary N) is 1. The molecule has 168 valence electrons. The number of hydrogen-bond acceptors (Lipinski definition) is 5. The average molecular weight is 437 g/mol. The quantitative estimate of drug-likeness (QED) is 0.729. The molecule has 0 radical (unpaired) electrons. The van der Waals surface area contributed by atoms with Crippen LogP contribution in [0.25, 0.3) is 0 Å². The van der Waals surface area contributed by atoms with Gasteiger partial charge in [-0.15, -0.1) is 0 Å². The van der Waals surface area contributed by atoms with Crippen LogP contribution in [0, 0.1) is 6.92 Å². The van der Waals surface area contributed by atoms with Crippen molar-refractivity contribution < 1.29 is 19.1 Å². The van der Waals surface area contributed by atoms with Crippen molar-refractivity contribution in [1.29, 1.82) is 0 Å². The van der Waals surface area contributed by atoms with Crippen molar-refractivity contribution in [2.45, 2.75) is 32.9 Å². The van der Waals surface area contributed by atoms with Gasteiger partial charge in [-0.25, -0.2) is 9.69 Å². The zero-order valence-corrected chi connectivity index (χ0v) is 18.6. The molecule has 2 aromatic carbocycles. The molecule has 1 N–H and O–H groups in total. The van der Waals surface area contributed by atoms with Crippen LogP contribution in [0.5, 0.6) is 0 Å². The Hall–Kier alpha value is -3.39. The standard InChI is InChI=1S/C24H28N4O4/c1-16-4-8-21(9-5-16)27-18(3)23(30)28(24(27)31)17(2)22(29)25-19-6-10-20(11-7-19)26-12-14-32-15-13-26/h4-11,17-18H,12-15H2,1-3H3,(H,25,29)/t17-,18-/m0/s1. The van der Waals surface area contributed by atoms with Crippen molar-refractivity contribution in [1.82, 2.24) is 4.90 Å². The molecule has 2 saturated heterocycles. The van der Waals surface area contributed by atoms with Crippen molar-refractivity contribution in [3.8, 4) is 0 Å². The van der Waals surface area contributed by atoms with Gasteiger partial charge in [0.25, 0.3) is 5.91 Å². The first-order chi connectivity index (χ1) is 15.4. The topological polar surface area (TPSA) is 82.2 Å². The van der Waals surface area contributed by atoms with Gasteiger partial charge in [0, 0.05) is 30.2 Å². The summed E-state index contributed by atoms with van der Waals surface area (Å²) in [6.07, 6.45) is 0. The summed E-state index contributed by atoms with van der Waals surface area (Å²) in [6, 6.07) is 12.8. The number of carbonyl (C=O) groups is 3. The molecule has 8 heteroatoms. The summed E-state index contributed by atoms with van der Waals surface area (Å²) in [5, 5.41) is 2.82. The lowest BCUT2D eigenvalue weighted by atomic mass is 10.2. The fraction of sp³-hybridized carbons (Fsp3) is 0.375. The fourth-order valence-electron chi connectivity index (χ4n) is 4.02. The maximum absolute atomic E-state index is 13.1. The summed E-state index contributed by atoms with van der Waals surface area (Å²) < 4.78 is 5.38. The lowest BCUT2D eigenvalue weighted by molar-refractivity contribution is -0.133. The Bertz CT molecular complexity index is 1000. The number of aryl methyl sites for hydroxylation is 1. The van der Waals surface area contributed by atoms with Crippen LogP contribution in [0.2, 0.25) is 0 Å². The summed E-state index contributed by atoms with van der Waals surface area (Å²) >= 11 is 0. The molecule has 4 amide bonds. The Kier molecular flexibility index (Phi) is 6.14. The van der Waals surface area contributed by atoms with E-state index in [9.17, 15) is 14.4 Å². The molecule has 2 aliphatic rings. The Morgan fingerprint density at radius 3 is 2.22 bits per heavy atom. The third kappa shape index (κ3) is 4.18. The summed E-state index contributed by atoms with van der Waals surface area (Å²) in [4.78, 5) is 43.5. The van der Waals surface area contributed by atoms with E-state index in [0.29, 0.717) is 24.6 Å². The summed E-state index contributed by atoms with van der Waals surface area (Å²) in [6.45, 7) is 8.26. The highest BCUT2D eigenvalue weighted by atomic mass is 16.5. The maximum Gasteiger partial charge on any atom is 0.332 e. The van der Waals surface area contributed by atoms with Gasteiger partial charge in [0.15, 0.2) is 0 Å². The normalized spacial score (nSPS) is 20.0. The number of hydrogen-bond donors (Lipinski definition) is 1. The minimum absolute atomic E-state index is 0.388. The molecule has 2 fully saturated rings. The molecule has 8 nitrogen and oxygen atoms in total. The van der Waals surface area contributed by atoms with Crippen molar-refractivity contribution in [3.05, 3.63) is 54.1 Å². The second-order valence-electron chi connectivity index (χ2n) is 8.18. The first-order valence-electron chi connectivity index (χ1n) is 10.8. The molecule has 2 aliphatic heterocycles. The molecule has 2 atom stereocenters. The summed E-state index contributed by atoms with van der Waals surface area (Å²) in [7, 11) is 0. The molecule has 2 heterocycles. The number of morpholine rings is 1. The van der Waals surface area contributed by atoms with Gasteiger partial charge in [0.1, 0.15) is 12.1 Å². The zero-order valence-electron chi connectivity index (χ0n) is 18.6. The monoisotopic (exact) mass is 436 g/mol. The number of carbonyl (C=O) groups excluding carboxylic acids is 3. The molecule has 0 unspecified atom stereocenters. The van der Waals surface area contributed by atoms with E-state index in [1.807, 2.05) is 43.3 Å². The van der Waals surface area contributed by atoms with Crippen LogP contribution in [0.15, 0.2) is 48.5 Å². The van der Waals surface area contributed by atoms with Gasteiger partial charge in [0.2, 0.25) is 5.91 Å². The molecular weight excluding hydrogens is 408 g/mol. The predicted molar refractivity (Wildman–Crippen MR) is 123 cm³/mol. The number of ether oxygens (including phenoxy) is 1. The number of anilines is 3. The summed E-state index contributed by atoms with van der Waals surface area (Å²) in [5.74, 6) is -0.801. The van der Waals surface area contributed by atoms with Gasteiger partial charge in [-0.2, -0.15) is 0 Å². The Labute approximate surface area is 187 Å². The Morgan fingerprint density at radius 1 is 1.00 bits per heavy atom. The van der Waals surface area contributed by atoms with Crippen LogP contribution >= 0.6 is 0 Å². The van der Waals surface area contributed by atoms with E-state index in [1.54, 1.807) is 26.0 Å². The third-order valence-electron chi connectivity index (χ3n) is 5.98. The number of imide groups is 1. The van der Waals surface area contributed by atoms with Crippen molar-refractivity contribution in [2.75, 3.05) is 41.4 Å². The second kappa shape index (κ2) is 9.00. The smallest absolute Gasteiger partial charge is 0.332 e. The minimum Gasteiger partial charge on any atom is -0.378 e. The van der Waals surface area contributed by atoms with Gasteiger partial charge in [-0.3, -0.25) is 14.5 Å². The summed E-state index contributed by atoms with van der Waals surface area (Å²) in [5.41, 5.74) is 3.37. The molecule has 0 spiro atoms. The minimum atomic E-state index is -0.938. The molecule has 0 bridgehead atoms. The first-order valence-corrected chi connectivity index (χ1v) is 10.8. The molecule has 0 aliphatic carbocycles. The van der Waals surface area contributed by atoms with Gasteiger partial charge in [-0.05, 0) is 57.2 Å². The van der Waals surface area contributed by atoms with Gasteiger partial charge < -0.3 is 15.0 Å². The molecule has 0 aromatic heterocycles. The van der Waals surface area contributed by atoms with Crippen LogP contribution in [-0.4, -0.2) is 61.1 Å². The van der Waals surface area contributed by atoms with E-state index in [4.69, 9.17) is 4.74 Å². The van der Waals surface area contributed by atoms with Gasteiger partial charge in [0.05, 0.1) is 13.2 Å². The van der Waals surface area contributed by atoms with Crippen molar-refractivity contribution in [3.63, 3.8) is 0 Å². The average Bonchev–Trinajstić information content (AvgIpc) is 3.03. The molecule has 2 aromatic rings. The Morgan fingerprint density at radius 2 is 1.59 bits per heavy atom. The van der Waals surface area contributed by atoms with E-state index < -0.39 is 24.0 Å². The van der Waals surface area contributed by atoms with E-state index in [2.05, 4.69) is 10.2 Å². The highest BCUT2D eigenvalue weighted by Crippen LogP contribution is 2.28. The predicted octanol–water partition coefficient (Wildman–Crippen LogP) is 3.02. The highest BCUT2D eigenvalue weighted by molar-refractivity contribution is 6.16. The van der Waals surface area contributed by atoms with Crippen LogP contribution in [0.3, 0.4) is 0 Å². The van der Waals surface area contributed by atoms with E-state index in [0.717, 1.165) is 29.2 Å². The van der Waals surface area contributed by atoms with E-state index >= 15 is 0 Å². The van der Waals surface area contributed by atoms with Crippen LogP contribution < -0.4 is 15.1 Å². The number of urea groups is 1. The number of rotatable bonds is 5. The SMILES string of the molecule is Cc1ccc(N2C(=O)N([C@@H](C)C(=O)Nc3ccc(N4CCOCC4)cc3)C(=O)[C@@H]2C)cc1. The number of nitrogens with zero attached hydrogens (tertiary/aromatic N) is 3. The van der Waals surface area contributed by atoms with Crippen molar-refractivity contribution >= 4 is 34.9 Å². The lowest BCUT2D eigenvalue weighted by Crippen LogP contribution is -2.46. The van der Waals surface area contributed by atoms with Crippen molar-refractivity contribution in [2.24, 2.45) is 0 Å². The number of amides is 4. The maximum atomic E-state index is 13.1.